The predicted octanol–water partition coefficient (Wildman–Crippen LogP) is 3.23. The first-order valence-corrected chi connectivity index (χ1v) is 7.74. The normalized spacial score (nSPS) is 9.28. The molecule has 0 fully saturated rings. The van der Waals surface area contributed by atoms with Gasteiger partial charge < -0.3 is 14.8 Å². The molecule has 0 aliphatic heterocycles. The summed E-state index contributed by atoms with van der Waals surface area (Å²) in [6.45, 7) is 0.609. The molecule has 0 atom stereocenters. The maximum absolute atomic E-state index is 11.6. The third kappa shape index (κ3) is 5.93. The van der Waals surface area contributed by atoms with Crippen LogP contribution in [0, 0.1) is 23.2 Å². The minimum atomic E-state index is -0.477. The van der Waals surface area contributed by atoms with Gasteiger partial charge in [-0.1, -0.05) is 42.2 Å². The van der Waals surface area contributed by atoms with E-state index in [9.17, 15) is 4.79 Å². The Hall–Kier alpha value is -3.44. The first-order valence-electron chi connectivity index (χ1n) is 7.74. The number of alkyl carbamates (subject to hydrolysis) is 1. The zero-order valence-corrected chi connectivity index (χ0v) is 13.9. The van der Waals surface area contributed by atoms with Gasteiger partial charge >= 0.3 is 6.09 Å². The van der Waals surface area contributed by atoms with Crippen molar-refractivity contribution in [2.45, 2.75) is 13.0 Å². The standard InChI is InChI=1S/C20H18N2O3/c1-24-19-11-10-17(14-21)13-18(19)9-5-6-12-22-20(23)25-15-16-7-3-2-4-8-16/h2-4,7-8,10-11,13H,6,12,15H2,1H3,(H,22,23). The summed E-state index contributed by atoms with van der Waals surface area (Å²) >= 11 is 0. The molecule has 25 heavy (non-hydrogen) atoms. The summed E-state index contributed by atoms with van der Waals surface area (Å²) < 4.78 is 10.3. The Bertz CT molecular complexity index is 814. The van der Waals surface area contributed by atoms with Crippen molar-refractivity contribution in [2.75, 3.05) is 13.7 Å². The van der Waals surface area contributed by atoms with Gasteiger partial charge in [0.2, 0.25) is 0 Å². The lowest BCUT2D eigenvalue weighted by molar-refractivity contribution is 0.140. The van der Waals surface area contributed by atoms with Gasteiger partial charge in [0.1, 0.15) is 12.4 Å². The number of nitrogens with one attached hydrogen (secondary N) is 1. The second kappa shape index (κ2) is 9.64. The van der Waals surface area contributed by atoms with Gasteiger partial charge in [-0.25, -0.2) is 4.79 Å². The fourth-order valence-electron chi connectivity index (χ4n) is 2.03. The minimum Gasteiger partial charge on any atom is -0.495 e. The number of nitriles is 1. The number of hydrogen-bond acceptors (Lipinski definition) is 4. The van der Waals surface area contributed by atoms with Crippen molar-refractivity contribution in [3.63, 3.8) is 0 Å². The molecule has 0 radical (unpaired) electrons. The largest absolute Gasteiger partial charge is 0.495 e. The van der Waals surface area contributed by atoms with Gasteiger partial charge in [0.05, 0.1) is 24.3 Å². The van der Waals surface area contributed by atoms with Crippen LogP contribution in [0.4, 0.5) is 4.79 Å². The van der Waals surface area contributed by atoms with Crippen LogP contribution in [0.1, 0.15) is 23.1 Å². The zero-order valence-electron chi connectivity index (χ0n) is 13.9. The number of methoxy groups -OCH3 is 1. The van der Waals surface area contributed by atoms with Gasteiger partial charge in [-0.3, -0.25) is 0 Å². The van der Waals surface area contributed by atoms with Crippen LogP contribution in [0.3, 0.4) is 0 Å². The van der Waals surface area contributed by atoms with Crippen molar-refractivity contribution < 1.29 is 14.3 Å². The fourth-order valence-corrected chi connectivity index (χ4v) is 2.03. The van der Waals surface area contributed by atoms with Crippen molar-refractivity contribution in [1.82, 2.24) is 5.32 Å². The average Bonchev–Trinajstić information content (AvgIpc) is 2.66. The van der Waals surface area contributed by atoms with E-state index in [0.717, 1.165) is 5.56 Å². The SMILES string of the molecule is COc1ccc(C#N)cc1C#CCCNC(=O)OCc1ccccc1. The van der Waals surface area contributed by atoms with Crippen LogP contribution in [0.25, 0.3) is 0 Å². The Balaban J connectivity index is 1.77. The topological polar surface area (TPSA) is 71.3 Å². The lowest BCUT2D eigenvalue weighted by Crippen LogP contribution is -2.24. The number of rotatable bonds is 5. The lowest BCUT2D eigenvalue weighted by Gasteiger charge is -2.05. The molecule has 0 spiro atoms. The van der Waals surface area contributed by atoms with Crippen molar-refractivity contribution in [3.05, 3.63) is 65.2 Å². The monoisotopic (exact) mass is 334 g/mol. The van der Waals surface area contributed by atoms with E-state index in [-0.39, 0.29) is 6.61 Å². The van der Waals surface area contributed by atoms with Gasteiger partial charge in [-0.15, -0.1) is 0 Å². The van der Waals surface area contributed by atoms with Crippen LogP contribution in [-0.4, -0.2) is 19.7 Å². The molecule has 5 heteroatoms. The number of carbonyl (C=O) groups is 1. The first-order chi connectivity index (χ1) is 12.2. The smallest absolute Gasteiger partial charge is 0.407 e. The van der Waals surface area contributed by atoms with E-state index in [1.807, 2.05) is 30.3 Å². The van der Waals surface area contributed by atoms with E-state index in [1.165, 1.54) is 0 Å². The number of benzene rings is 2. The average molecular weight is 334 g/mol. The maximum Gasteiger partial charge on any atom is 0.407 e. The Morgan fingerprint density at radius 2 is 2.00 bits per heavy atom. The zero-order chi connectivity index (χ0) is 17.9. The van der Waals surface area contributed by atoms with Crippen molar-refractivity contribution in [2.24, 2.45) is 0 Å². The summed E-state index contributed by atoms with van der Waals surface area (Å²) in [5, 5.41) is 11.6. The molecule has 2 rings (SSSR count). The van der Waals surface area contributed by atoms with Crippen molar-refractivity contribution in [1.29, 1.82) is 5.26 Å². The molecule has 0 aromatic heterocycles. The highest BCUT2D eigenvalue weighted by Crippen LogP contribution is 2.18. The van der Waals surface area contributed by atoms with Gasteiger partial charge in [0.15, 0.2) is 0 Å². The first kappa shape index (κ1) is 17.9. The number of carbonyl (C=O) groups excluding carboxylic acids is 1. The molecule has 0 saturated heterocycles. The van der Waals surface area contributed by atoms with Crippen molar-refractivity contribution >= 4 is 6.09 Å². The van der Waals surface area contributed by atoms with Crippen LogP contribution in [0.2, 0.25) is 0 Å². The second-order valence-electron chi connectivity index (χ2n) is 5.07. The molecule has 1 amide bonds. The molecule has 0 heterocycles. The van der Waals surface area contributed by atoms with E-state index in [0.29, 0.717) is 29.8 Å². The van der Waals surface area contributed by atoms with E-state index in [4.69, 9.17) is 14.7 Å². The molecule has 0 bridgehead atoms. The molecule has 126 valence electrons. The van der Waals surface area contributed by atoms with Crippen LogP contribution < -0.4 is 10.1 Å². The Labute approximate surface area is 147 Å². The molecular formula is C20H18N2O3. The third-order valence-electron chi connectivity index (χ3n) is 3.28. The number of ether oxygens (including phenoxy) is 2. The summed E-state index contributed by atoms with van der Waals surface area (Å²) in [6.07, 6.45) is -0.0184. The minimum absolute atomic E-state index is 0.233. The highest BCUT2D eigenvalue weighted by molar-refractivity contribution is 5.67. The summed E-state index contributed by atoms with van der Waals surface area (Å²) in [7, 11) is 1.55. The van der Waals surface area contributed by atoms with Gasteiger partial charge in [0.25, 0.3) is 0 Å². The van der Waals surface area contributed by atoms with E-state index in [1.54, 1.807) is 25.3 Å². The van der Waals surface area contributed by atoms with Crippen LogP contribution >= 0.6 is 0 Å². The van der Waals surface area contributed by atoms with Gasteiger partial charge in [0, 0.05) is 13.0 Å². The lowest BCUT2D eigenvalue weighted by atomic mass is 10.1. The predicted molar refractivity (Wildman–Crippen MR) is 93.8 cm³/mol. The molecule has 2 aromatic rings. The number of nitrogens with zero attached hydrogens (tertiary/aromatic N) is 1. The van der Waals surface area contributed by atoms with Gasteiger partial charge in [-0.2, -0.15) is 5.26 Å². The van der Waals surface area contributed by atoms with Crippen molar-refractivity contribution in [3.8, 4) is 23.7 Å². The van der Waals surface area contributed by atoms with Gasteiger partial charge in [-0.05, 0) is 23.8 Å². The Morgan fingerprint density at radius 1 is 1.20 bits per heavy atom. The highest BCUT2D eigenvalue weighted by Gasteiger charge is 2.02. The molecule has 0 aliphatic carbocycles. The molecule has 5 nitrogen and oxygen atoms in total. The summed E-state index contributed by atoms with van der Waals surface area (Å²) in [5.74, 6) is 6.51. The second-order valence-corrected chi connectivity index (χ2v) is 5.07. The van der Waals surface area contributed by atoms with E-state index < -0.39 is 6.09 Å². The maximum atomic E-state index is 11.6. The third-order valence-corrected chi connectivity index (χ3v) is 3.28. The fraction of sp³-hybridized carbons (Fsp3) is 0.200. The Kier molecular flexibility index (Phi) is 6.91. The molecule has 1 N–H and O–H groups in total. The molecule has 2 aromatic carbocycles. The molecule has 0 aliphatic rings. The highest BCUT2D eigenvalue weighted by atomic mass is 16.5. The Morgan fingerprint density at radius 3 is 2.72 bits per heavy atom. The number of amides is 1. The molecular weight excluding hydrogens is 316 g/mol. The summed E-state index contributed by atoms with van der Waals surface area (Å²) in [4.78, 5) is 11.6. The quantitative estimate of drug-likeness (QED) is 0.673. The summed E-state index contributed by atoms with van der Waals surface area (Å²) in [5.41, 5.74) is 2.10. The summed E-state index contributed by atoms with van der Waals surface area (Å²) in [6, 6.07) is 16.6. The van der Waals surface area contributed by atoms with E-state index in [2.05, 4.69) is 23.2 Å². The molecule has 0 saturated carbocycles. The number of hydrogen-bond donors (Lipinski definition) is 1. The van der Waals surface area contributed by atoms with E-state index >= 15 is 0 Å². The van der Waals surface area contributed by atoms with Crippen LogP contribution in [0.5, 0.6) is 5.75 Å². The molecule has 0 unspecified atom stereocenters. The van der Waals surface area contributed by atoms with Crippen LogP contribution in [-0.2, 0) is 11.3 Å². The van der Waals surface area contributed by atoms with Crippen LogP contribution in [0.15, 0.2) is 48.5 Å².